The monoisotopic (exact) mass is 466 g/mol. The Morgan fingerprint density at radius 2 is 1.84 bits per heavy atom. The number of nitrogens with one attached hydrogen (secondary N) is 1. The molecule has 2 aromatic rings. The number of esters is 1. The maximum Gasteiger partial charge on any atom is 0.338 e. The Labute approximate surface area is 186 Å². The zero-order chi connectivity index (χ0) is 22.4. The second kappa shape index (κ2) is 10.2. The summed E-state index contributed by atoms with van der Waals surface area (Å²) in [6.07, 6.45) is -1.02. The van der Waals surface area contributed by atoms with Crippen LogP contribution in [0.4, 0.5) is 0 Å². The van der Waals surface area contributed by atoms with E-state index in [0.29, 0.717) is 26.3 Å². The molecule has 2 aromatic carbocycles. The van der Waals surface area contributed by atoms with Crippen molar-refractivity contribution < 1.29 is 27.5 Å². The third-order valence-electron chi connectivity index (χ3n) is 4.72. The van der Waals surface area contributed by atoms with Crippen molar-refractivity contribution in [2.24, 2.45) is 0 Å². The lowest BCUT2D eigenvalue weighted by atomic mass is 10.2. The van der Waals surface area contributed by atoms with Crippen molar-refractivity contribution >= 4 is 33.5 Å². The minimum atomic E-state index is -3.99. The summed E-state index contributed by atoms with van der Waals surface area (Å²) in [4.78, 5) is 26.3. The van der Waals surface area contributed by atoms with Gasteiger partial charge in [0.2, 0.25) is 10.0 Å². The van der Waals surface area contributed by atoms with E-state index in [9.17, 15) is 18.0 Å². The number of carbonyl (C=O) groups excluding carboxylic acids is 2. The highest BCUT2D eigenvalue weighted by Crippen LogP contribution is 2.23. The van der Waals surface area contributed by atoms with Crippen LogP contribution in [0.2, 0.25) is 5.02 Å². The van der Waals surface area contributed by atoms with Gasteiger partial charge in [0.25, 0.3) is 5.91 Å². The van der Waals surface area contributed by atoms with Gasteiger partial charge in [0.05, 0.1) is 23.8 Å². The predicted molar refractivity (Wildman–Crippen MR) is 114 cm³/mol. The zero-order valence-corrected chi connectivity index (χ0v) is 18.5. The van der Waals surface area contributed by atoms with Crippen LogP contribution in [0.25, 0.3) is 0 Å². The van der Waals surface area contributed by atoms with Crippen molar-refractivity contribution in [1.29, 1.82) is 0 Å². The molecule has 31 heavy (non-hydrogen) atoms. The molecule has 0 saturated carbocycles. The number of carbonyl (C=O) groups is 2. The molecule has 1 aliphatic heterocycles. The third-order valence-corrected chi connectivity index (χ3v) is 6.60. The van der Waals surface area contributed by atoms with Crippen molar-refractivity contribution in [2.45, 2.75) is 24.5 Å². The number of hydrogen-bond acceptors (Lipinski definition) is 6. The Kier molecular flexibility index (Phi) is 7.66. The standard InChI is InChI=1S/C21H23ClN2O6S/c1-15(20(25)24-9-11-29-12-10-24)30-21(26)17-7-8-18(22)19(13-17)31(27,28)23-14-16-5-3-2-4-6-16/h2-8,13,15,23H,9-12,14H2,1H3. The maximum atomic E-state index is 12.7. The van der Waals surface area contributed by atoms with E-state index in [1.165, 1.54) is 19.1 Å². The molecule has 0 radical (unpaired) electrons. The van der Waals surface area contributed by atoms with Gasteiger partial charge < -0.3 is 14.4 Å². The third kappa shape index (κ3) is 6.04. The van der Waals surface area contributed by atoms with Crippen LogP contribution < -0.4 is 4.72 Å². The number of ether oxygens (including phenoxy) is 2. The van der Waals surface area contributed by atoms with Gasteiger partial charge in [-0.05, 0) is 30.7 Å². The van der Waals surface area contributed by atoms with E-state index in [1.807, 2.05) is 6.07 Å². The molecular formula is C21H23ClN2O6S. The van der Waals surface area contributed by atoms with Gasteiger partial charge in [-0.15, -0.1) is 0 Å². The molecule has 1 atom stereocenters. The van der Waals surface area contributed by atoms with E-state index in [2.05, 4.69) is 4.72 Å². The molecule has 1 saturated heterocycles. The van der Waals surface area contributed by atoms with Gasteiger partial charge in [-0.3, -0.25) is 4.79 Å². The first-order valence-corrected chi connectivity index (χ1v) is 11.5. The minimum Gasteiger partial charge on any atom is -0.449 e. The molecule has 10 heteroatoms. The van der Waals surface area contributed by atoms with Crippen LogP contribution in [0, 0.1) is 0 Å². The average molecular weight is 467 g/mol. The Morgan fingerprint density at radius 3 is 2.52 bits per heavy atom. The van der Waals surface area contributed by atoms with Crippen LogP contribution in [0.1, 0.15) is 22.8 Å². The van der Waals surface area contributed by atoms with Crippen LogP contribution in [0.3, 0.4) is 0 Å². The molecule has 0 spiro atoms. The molecule has 1 N–H and O–H groups in total. The Hall–Kier alpha value is -2.46. The second-order valence-corrected chi connectivity index (χ2v) is 9.08. The smallest absolute Gasteiger partial charge is 0.338 e. The molecule has 1 fully saturated rings. The highest BCUT2D eigenvalue weighted by atomic mass is 35.5. The van der Waals surface area contributed by atoms with Crippen molar-refractivity contribution in [3.05, 3.63) is 64.7 Å². The van der Waals surface area contributed by atoms with Crippen LogP contribution in [-0.4, -0.2) is 57.6 Å². The van der Waals surface area contributed by atoms with Gasteiger partial charge in [-0.1, -0.05) is 41.9 Å². The van der Waals surface area contributed by atoms with Gasteiger partial charge in [0.1, 0.15) is 4.90 Å². The molecule has 3 rings (SSSR count). The molecule has 166 valence electrons. The van der Waals surface area contributed by atoms with Crippen LogP contribution >= 0.6 is 11.6 Å². The topological polar surface area (TPSA) is 102 Å². The Morgan fingerprint density at radius 1 is 1.16 bits per heavy atom. The first-order valence-electron chi connectivity index (χ1n) is 9.68. The summed E-state index contributed by atoms with van der Waals surface area (Å²) in [6, 6.07) is 12.8. The van der Waals surface area contributed by atoms with Crippen molar-refractivity contribution in [2.75, 3.05) is 26.3 Å². The lowest BCUT2D eigenvalue weighted by Crippen LogP contribution is -2.46. The molecular weight excluding hydrogens is 444 g/mol. The van der Waals surface area contributed by atoms with Gasteiger partial charge in [-0.25, -0.2) is 17.9 Å². The Balaban J connectivity index is 1.70. The van der Waals surface area contributed by atoms with E-state index in [0.717, 1.165) is 11.6 Å². The van der Waals surface area contributed by atoms with E-state index in [-0.39, 0.29) is 27.9 Å². The van der Waals surface area contributed by atoms with Gasteiger partial charge in [0.15, 0.2) is 6.10 Å². The van der Waals surface area contributed by atoms with Crippen LogP contribution in [0.5, 0.6) is 0 Å². The average Bonchev–Trinajstić information content (AvgIpc) is 2.78. The first kappa shape index (κ1) is 23.2. The second-order valence-electron chi connectivity index (χ2n) is 6.94. The fraction of sp³-hybridized carbons (Fsp3) is 0.333. The summed E-state index contributed by atoms with van der Waals surface area (Å²) in [5.41, 5.74) is 0.749. The fourth-order valence-corrected chi connectivity index (χ4v) is 4.55. The number of nitrogens with zero attached hydrogens (tertiary/aromatic N) is 1. The van der Waals surface area contributed by atoms with Crippen LogP contribution in [-0.2, 0) is 30.8 Å². The van der Waals surface area contributed by atoms with E-state index >= 15 is 0 Å². The predicted octanol–water partition coefficient (Wildman–Crippen LogP) is 2.22. The normalized spacial score (nSPS) is 15.4. The Bertz CT molecular complexity index is 1040. The molecule has 1 unspecified atom stereocenters. The van der Waals surface area contributed by atoms with E-state index in [1.54, 1.807) is 29.2 Å². The number of hydrogen-bond donors (Lipinski definition) is 1. The molecule has 8 nitrogen and oxygen atoms in total. The van der Waals surface area contributed by atoms with Gasteiger partial charge in [-0.2, -0.15) is 0 Å². The summed E-state index contributed by atoms with van der Waals surface area (Å²) in [5.74, 6) is -1.15. The zero-order valence-electron chi connectivity index (χ0n) is 16.9. The lowest BCUT2D eigenvalue weighted by molar-refractivity contribution is -0.143. The lowest BCUT2D eigenvalue weighted by Gasteiger charge is -2.29. The first-order chi connectivity index (χ1) is 14.8. The SMILES string of the molecule is CC(OC(=O)c1ccc(Cl)c(S(=O)(=O)NCc2ccccc2)c1)C(=O)N1CCOCC1. The van der Waals surface area contributed by atoms with E-state index < -0.39 is 22.1 Å². The number of halogens is 1. The van der Waals surface area contributed by atoms with Gasteiger partial charge in [0, 0.05) is 19.6 Å². The number of benzene rings is 2. The maximum absolute atomic E-state index is 12.7. The molecule has 0 aliphatic carbocycles. The summed E-state index contributed by atoms with van der Waals surface area (Å²) in [6.45, 7) is 3.26. The van der Waals surface area contributed by atoms with E-state index in [4.69, 9.17) is 21.1 Å². The summed E-state index contributed by atoms with van der Waals surface area (Å²) < 4.78 is 38.4. The largest absolute Gasteiger partial charge is 0.449 e. The summed E-state index contributed by atoms with van der Waals surface area (Å²) in [5, 5.41) is -0.0328. The minimum absolute atomic E-state index is 0.0221. The molecule has 1 amide bonds. The summed E-state index contributed by atoms with van der Waals surface area (Å²) in [7, 11) is -3.99. The fourth-order valence-electron chi connectivity index (χ4n) is 3.01. The van der Waals surface area contributed by atoms with Crippen molar-refractivity contribution in [3.8, 4) is 0 Å². The number of sulfonamides is 1. The highest BCUT2D eigenvalue weighted by Gasteiger charge is 2.27. The summed E-state index contributed by atoms with van der Waals surface area (Å²) >= 11 is 6.08. The molecule has 1 heterocycles. The van der Waals surface area contributed by atoms with Crippen LogP contribution in [0.15, 0.2) is 53.4 Å². The quantitative estimate of drug-likeness (QED) is 0.628. The number of amides is 1. The van der Waals surface area contributed by atoms with Crippen molar-refractivity contribution in [1.82, 2.24) is 9.62 Å². The van der Waals surface area contributed by atoms with Gasteiger partial charge >= 0.3 is 5.97 Å². The molecule has 0 aromatic heterocycles. The number of morpholine rings is 1. The highest BCUT2D eigenvalue weighted by molar-refractivity contribution is 7.89. The number of rotatable bonds is 7. The van der Waals surface area contributed by atoms with Crippen molar-refractivity contribution in [3.63, 3.8) is 0 Å². The molecule has 0 bridgehead atoms. The molecule has 1 aliphatic rings.